The molecule has 0 aromatic heterocycles. The molecule has 2 rings (SSSR count). The highest BCUT2D eigenvalue weighted by Crippen LogP contribution is 2.23. The molecule has 1 aliphatic carbocycles. The van der Waals surface area contributed by atoms with Gasteiger partial charge in [0, 0.05) is 13.1 Å². The zero-order valence-corrected chi connectivity index (χ0v) is 10.5. The van der Waals surface area contributed by atoms with E-state index >= 15 is 0 Å². The first kappa shape index (κ1) is 12.8. The second-order valence-electron chi connectivity index (χ2n) is 5.31. The predicted molar refractivity (Wildman–Crippen MR) is 66.5 cm³/mol. The van der Waals surface area contributed by atoms with Crippen molar-refractivity contribution in [3.63, 3.8) is 0 Å². The molecule has 0 bridgehead atoms. The van der Waals surface area contributed by atoms with Crippen LogP contribution in [0.2, 0.25) is 0 Å². The van der Waals surface area contributed by atoms with E-state index in [-0.39, 0.29) is 18.1 Å². The topological polar surface area (TPSA) is 64.4 Å². The van der Waals surface area contributed by atoms with Gasteiger partial charge >= 0.3 is 0 Å². The summed E-state index contributed by atoms with van der Waals surface area (Å²) in [5, 5.41) is 3.03. The Balaban J connectivity index is 1.66. The summed E-state index contributed by atoms with van der Waals surface area (Å²) in [5.41, 5.74) is 5.53. The lowest BCUT2D eigenvalue weighted by Crippen LogP contribution is -2.38. The number of amides is 1. The number of nitrogens with two attached hydrogens (primary N) is 1. The van der Waals surface area contributed by atoms with Crippen LogP contribution in [0.1, 0.15) is 44.9 Å². The van der Waals surface area contributed by atoms with E-state index in [1.165, 1.54) is 32.1 Å². The third kappa shape index (κ3) is 3.68. The minimum absolute atomic E-state index is 0.0616. The van der Waals surface area contributed by atoms with Gasteiger partial charge in [0.05, 0.1) is 6.10 Å². The standard InChI is InChI=1S/C13H24N2O2/c14-8-11-6-7-12(17-11)13(16)15-9-10-4-2-1-3-5-10/h10-12H,1-9,14H2,(H,15,16)/t11-,12+/m1/s1. The molecule has 0 unspecified atom stereocenters. The van der Waals surface area contributed by atoms with Gasteiger partial charge in [-0.1, -0.05) is 19.3 Å². The van der Waals surface area contributed by atoms with E-state index in [1.54, 1.807) is 0 Å². The molecular weight excluding hydrogens is 216 g/mol. The monoisotopic (exact) mass is 240 g/mol. The van der Waals surface area contributed by atoms with Gasteiger partial charge in [0.2, 0.25) is 5.91 Å². The molecule has 0 spiro atoms. The van der Waals surface area contributed by atoms with Crippen LogP contribution in [0.25, 0.3) is 0 Å². The van der Waals surface area contributed by atoms with Crippen LogP contribution in [0.5, 0.6) is 0 Å². The molecule has 0 aromatic carbocycles. The number of ether oxygens (including phenoxy) is 1. The molecule has 1 aliphatic heterocycles. The summed E-state index contributed by atoms with van der Waals surface area (Å²) in [6.45, 7) is 1.35. The zero-order chi connectivity index (χ0) is 12.1. The number of nitrogens with one attached hydrogen (secondary N) is 1. The molecule has 3 N–H and O–H groups in total. The largest absolute Gasteiger partial charge is 0.364 e. The zero-order valence-electron chi connectivity index (χ0n) is 10.5. The summed E-state index contributed by atoms with van der Waals surface area (Å²) in [7, 11) is 0. The van der Waals surface area contributed by atoms with Crippen LogP contribution in [0.15, 0.2) is 0 Å². The molecular formula is C13H24N2O2. The van der Waals surface area contributed by atoms with Gasteiger partial charge in [-0.15, -0.1) is 0 Å². The van der Waals surface area contributed by atoms with Gasteiger partial charge in [-0.05, 0) is 31.6 Å². The lowest BCUT2D eigenvalue weighted by molar-refractivity contribution is -0.132. The Morgan fingerprint density at radius 3 is 2.59 bits per heavy atom. The van der Waals surface area contributed by atoms with Gasteiger partial charge in [0.1, 0.15) is 6.10 Å². The number of hydrogen-bond donors (Lipinski definition) is 2. The molecule has 0 aromatic rings. The highest BCUT2D eigenvalue weighted by atomic mass is 16.5. The van der Waals surface area contributed by atoms with Crippen LogP contribution in [0.4, 0.5) is 0 Å². The first-order valence-electron chi connectivity index (χ1n) is 6.93. The molecule has 4 nitrogen and oxygen atoms in total. The van der Waals surface area contributed by atoms with E-state index in [1.807, 2.05) is 0 Å². The van der Waals surface area contributed by atoms with Gasteiger partial charge in [0.25, 0.3) is 0 Å². The van der Waals surface area contributed by atoms with Crippen molar-refractivity contribution in [1.82, 2.24) is 5.32 Å². The first-order chi connectivity index (χ1) is 8.29. The van der Waals surface area contributed by atoms with Crippen molar-refractivity contribution in [2.45, 2.75) is 57.2 Å². The van der Waals surface area contributed by atoms with E-state index in [0.717, 1.165) is 19.4 Å². The Morgan fingerprint density at radius 1 is 1.18 bits per heavy atom. The average molecular weight is 240 g/mol. The lowest BCUT2D eigenvalue weighted by atomic mass is 9.89. The maximum atomic E-state index is 11.9. The van der Waals surface area contributed by atoms with Crippen molar-refractivity contribution >= 4 is 5.91 Å². The lowest BCUT2D eigenvalue weighted by Gasteiger charge is -2.22. The van der Waals surface area contributed by atoms with Crippen molar-refractivity contribution < 1.29 is 9.53 Å². The summed E-state index contributed by atoms with van der Waals surface area (Å²) in [6, 6.07) is 0. The van der Waals surface area contributed by atoms with Crippen molar-refractivity contribution in [3.8, 4) is 0 Å². The van der Waals surface area contributed by atoms with Crippen molar-refractivity contribution in [2.24, 2.45) is 11.7 Å². The Morgan fingerprint density at radius 2 is 1.94 bits per heavy atom. The second kappa shape index (κ2) is 6.36. The Bertz CT molecular complexity index is 252. The third-order valence-corrected chi connectivity index (χ3v) is 3.95. The van der Waals surface area contributed by atoms with Crippen LogP contribution in [-0.2, 0) is 9.53 Å². The molecule has 0 radical (unpaired) electrons. The average Bonchev–Trinajstić information content (AvgIpc) is 2.86. The van der Waals surface area contributed by atoms with Crippen LogP contribution < -0.4 is 11.1 Å². The van der Waals surface area contributed by atoms with E-state index in [4.69, 9.17) is 10.5 Å². The summed E-state index contributed by atoms with van der Waals surface area (Å²) in [4.78, 5) is 11.9. The number of carbonyl (C=O) groups is 1. The number of carbonyl (C=O) groups excluding carboxylic acids is 1. The summed E-state index contributed by atoms with van der Waals surface area (Å²) >= 11 is 0. The second-order valence-corrected chi connectivity index (χ2v) is 5.31. The van der Waals surface area contributed by atoms with Gasteiger partial charge in [0.15, 0.2) is 0 Å². The molecule has 2 aliphatic rings. The first-order valence-corrected chi connectivity index (χ1v) is 6.93. The molecule has 17 heavy (non-hydrogen) atoms. The third-order valence-electron chi connectivity index (χ3n) is 3.95. The number of hydrogen-bond acceptors (Lipinski definition) is 3. The minimum Gasteiger partial charge on any atom is -0.364 e. The van der Waals surface area contributed by atoms with Gasteiger partial charge < -0.3 is 15.8 Å². The maximum Gasteiger partial charge on any atom is 0.249 e. The van der Waals surface area contributed by atoms with Crippen molar-refractivity contribution in [2.75, 3.05) is 13.1 Å². The number of rotatable bonds is 4. The molecule has 1 amide bonds. The van der Waals surface area contributed by atoms with Crippen LogP contribution >= 0.6 is 0 Å². The Hall–Kier alpha value is -0.610. The minimum atomic E-state index is -0.257. The van der Waals surface area contributed by atoms with Gasteiger partial charge in [-0.2, -0.15) is 0 Å². The van der Waals surface area contributed by atoms with E-state index in [0.29, 0.717) is 12.5 Å². The fraction of sp³-hybridized carbons (Fsp3) is 0.923. The molecule has 1 saturated carbocycles. The van der Waals surface area contributed by atoms with Crippen molar-refractivity contribution in [1.29, 1.82) is 0 Å². The molecule has 4 heteroatoms. The summed E-state index contributed by atoms with van der Waals surface area (Å²) in [5.74, 6) is 0.742. The summed E-state index contributed by atoms with van der Waals surface area (Å²) in [6.07, 6.45) is 8.07. The fourth-order valence-electron chi connectivity index (χ4n) is 2.82. The molecule has 1 saturated heterocycles. The van der Waals surface area contributed by atoms with Gasteiger partial charge in [-0.25, -0.2) is 0 Å². The molecule has 1 heterocycles. The molecule has 2 fully saturated rings. The Kier molecular flexibility index (Phi) is 4.80. The predicted octanol–water partition coefficient (Wildman–Crippen LogP) is 1.19. The normalized spacial score (nSPS) is 30.4. The van der Waals surface area contributed by atoms with E-state index in [2.05, 4.69) is 5.32 Å². The molecule has 98 valence electrons. The Labute approximate surface area is 103 Å². The fourth-order valence-corrected chi connectivity index (χ4v) is 2.82. The van der Waals surface area contributed by atoms with E-state index in [9.17, 15) is 4.79 Å². The van der Waals surface area contributed by atoms with E-state index < -0.39 is 0 Å². The highest BCUT2D eigenvalue weighted by molar-refractivity contribution is 5.81. The molecule has 2 atom stereocenters. The smallest absolute Gasteiger partial charge is 0.249 e. The van der Waals surface area contributed by atoms with Crippen molar-refractivity contribution in [3.05, 3.63) is 0 Å². The van der Waals surface area contributed by atoms with Gasteiger partial charge in [-0.3, -0.25) is 4.79 Å². The summed E-state index contributed by atoms with van der Waals surface area (Å²) < 4.78 is 5.58. The van der Waals surface area contributed by atoms with Crippen LogP contribution in [-0.4, -0.2) is 31.2 Å². The van der Waals surface area contributed by atoms with Crippen LogP contribution in [0, 0.1) is 5.92 Å². The SMILES string of the molecule is NC[C@H]1CC[C@@H](C(=O)NCC2CCCCC2)O1. The maximum absolute atomic E-state index is 11.9. The van der Waals surface area contributed by atoms with Crippen LogP contribution in [0.3, 0.4) is 0 Å². The quantitative estimate of drug-likeness (QED) is 0.776. The highest BCUT2D eigenvalue weighted by Gasteiger charge is 2.29.